The lowest BCUT2D eigenvalue weighted by molar-refractivity contribution is -0.138. The van der Waals surface area contributed by atoms with Gasteiger partial charge in [0.05, 0.1) is 0 Å². The van der Waals surface area contributed by atoms with E-state index in [1.807, 2.05) is 6.26 Å². The van der Waals surface area contributed by atoms with Crippen LogP contribution in [0.1, 0.15) is 19.3 Å². The molecule has 2 amide bonds. The van der Waals surface area contributed by atoms with Crippen molar-refractivity contribution in [1.82, 2.24) is 10.2 Å². The molecule has 2 N–H and O–H groups in total. The molecule has 1 aliphatic rings. The molecule has 6 heteroatoms. The Morgan fingerprint density at radius 1 is 1.53 bits per heavy atom. The van der Waals surface area contributed by atoms with E-state index in [9.17, 15) is 9.59 Å². The van der Waals surface area contributed by atoms with Crippen molar-refractivity contribution in [3.8, 4) is 0 Å². The summed E-state index contributed by atoms with van der Waals surface area (Å²) >= 11 is 1.69. The Morgan fingerprint density at radius 2 is 2.29 bits per heavy atom. The standard InChI is InChI=1S/C11H20N2O3S/c1-17-6-4-12-11(16)13-5-2-3-9(8-13)7-10(14)15/h9H,2-8H2,1H3,(H,12,16)(H,14,15). The Balaban J connectivity index is 2.32. The van der Waals surface area contributed by atoms with Crippen LogP contribution in [0.5, 0.6) is 0 Å². The summed E-state index contributed by atoms with van der Waals surface area (Å²) in [5.41, 5.74) is 0. The van der Waals surface area contributed by atoms with Gasteiger partial charge in [-0.15, -0.1) is 0 Å². The molecule has 1 rings (SSSR count). The van der Waals surface area contributed by atoms with Gasteiger partial charge in [0.1, 0.15) is 0 Å². The molecule has 1 fully saturated rings. The van der Waals surface area contributed by atoms with E-state index in [1.54, 1.807) is 16.7 Å². The first kappa shape index (κ1) is 14.2. The molecule has 0 spiro atoms. The quantitative estimate of drug-likeness (QED) is 0.730. The molecule has 0 saturated carbocycles. The largest absolute Gasteiger partial charge is 0.481 e. The minimum absolute atomic E-state index is 0.0610. The van der Waals surface area contributed by atoms with Crippen LogP contribution in [0.4, 0.5) is 4.79 Å². The molecule has 1 atom stereocenters. The van der Waals surface area contributed by atoms with Crippen LogP contribution in [0.15, 0.2) is 0 Å². The van der Waals surface area contributed by atoms with Crippen LogP contribution in [0.3, 0.4) is 0 Å². The van der Waals surface area contributed by atoms with Crippen LogP contribution in [0.25, 0.3) is 0 Å². The average Bonchev–Trinajstić information content (AvgIpc) is 2.28. The Labute approximate surface area is 106 Å². The highest BCUT2D eigenvalue weighted by molar-refractivity contribution is 7.98. The molecule has 1 unspecified atom stereocenters. The van der Waals surface area contributed by atoms with Gasteiger partial charge in [-0.05, 0) is 25.0 Å². The van der Waals surface area contributed by atoms with Crippen LogP contribution in [0.2, 0.25) is 0 Å². The fourth-order valence-corrected chi connectivity index (χ4v) is 2.34. The molecule has 1 heterocycles. The molecule has 0 radical (unpaired) electrons. The van der Waals surface area contributed by atoms with E-state index >= 15 is 0 Å². The number of carbonyl (C=O) groups excluding carboxylic acids is 1. The second-order valence-electron chi connectivity index (χ2n) is 4.28. The van der Waals surface area contributed by atoms with Gasteiger partial charge in [0.2, 0.25) is 0 Å². The molecule has 1 aliphatic heterocycles. The van der Waals surface area contributed by atoms with Crippen LogP contribution in [-0.4, -0.2) is 53.6 Å². The first-order valence-electron chi connectivity index (χ1n) is 5.87. The summed E-state index contributed by atoms with van der Waals surface area (Å²) in [6.45, 7) is 1.97. The number of thioether (sulfide) groups is 1. The van der Waals surface area contributed by atoms with Gasteiger partial charge < -0.3 is 15.3 Å². The van der Waals surface area contributed by atoms with E-state index in [2.05, 4.69) is 5.32 Å². The number of nitrogens with zero attached hydrogens (tertiary/aromatic N) is 1. The Bertz CT molecular complexity index is 273. The lowest BCUT2D eigenvalue weighted by atomic mass is 9.95. The molecule has 98 valence electrons. The third kappa shape index (κ3) is 5.30. The van der Waals surface area contributed by atoms with Crippen molar-refractivity contribution in [2.75, 3.05) is 31.6 Å². The summed E-state index contributed by atoms with van der Waals surface area (Å²) in [6, 6.07) is -0.0610. The minimum Gasteiger partial charge on any atom is -0.481 e. The second-order valence-corrected chi connectivity index (χ2v) is 5.26. The van der Waals surface area contributed by atoms with Gasteiger partial charge in [-0.25, -0.2) is 4.79 Å². The monoisotopic (exact) mass is 260 g/mol. The van der Waals surface area contributed by atoms with E-state index in [0.29, 0.717) is 13.1 Å². The summed E-state index contributed by atoms with van der Waals surface area (Å²) in [5, 5.41) is 11.6. The van der Waals surface area contributed by atoms with E-state index in [4.69, 9.17) is 5.11 Å². The normalized spacial score (nSPS) is 20.1. The number of piperidine rings is 1. The zero-order valence-corrected chi connectivity index (χ0v) is 11.0. The maximum absolute atomic E-state index is 11.8. The highest BCUT2D eigenvalue weighted by atomic mass is 32.2. The fourth-order valence-electron chi connectivity index (χ4n) is 2.03. The highest BCUT2D eigenvalue weighted by Crippen LogP contribution is 2.19. The van der Waals surface area contributed by atoms with Crippen LogP contribution in [-0.2, 0) is 4.79 Å². The summed E-state index contributed by atoms with van der Waals surface area (Å²) in [6.07, 6.45) is 3.96. The number of hydrogen-bond donors (Lipinski definition) is 2. The van der Waals surface area contributed by atoms with Gasteiger partial charge in [0, 0.05) is 31.8 Å². The number of amides is 2. The maximum Gasteiger partial charge on any atom is 0.317 e. The smallest absolute Gasteiger partial charge is 0.317 e. The zero-order chi connectivity index (χ0) is 12.7. The average molecular weight is 260 g/mol. The van der Waals surface area contributed by atoms with E-state index < -0.39 is 5.97 Å². The van der Waals surface area contributed by atoms with Crippen molar-refractivity contribution in [2.24, 2.45) is 5.92 Å². The molecule has 0 aromatic rings. The Kier molecular flexibility index (Phi) is 6.18. The van der Waals surface area contributed by atoms with Gasteiger partial charge in [0.25, 0.3) is 0 Å². The number of hydrogen-bond acceptors (Lipinski definition) is 3. The zero-order valence-electron chi connectivity index (χ0n) is 10.1. The predicted molar refractivity (Wildman–Crippen MR) is 68.3 cm³/mol. The van der Waals surface area contributed by atoms with E-state index in [1.165, 1.54) is 0 Å². The Morgan fingerprint density at radius 3 is 2.94 bits per heavy atom. The topological polar surface area (TPSA) is 69.6 Å². The summed E-state index contributed by atoms with van der Waals surface area (Å²) in [4.78, 5) is 24.1. The third-order valence-electron chi connectivity index (χ3n) is 2.85. The lowest BCUT2D eigenvalue weighted by Crippen LogP contribution is -2.46. The van der Waals surface area contributed by atoms with E-state index in [0.717, 1.165) is 25.1 Å². The van der Waals surface area contributed by atoms with Crippen molar-refractivity contribution in [2.45, 2.75) is 19.3 Å². The second kappa shape index (κ2) is 7.42. The van der Waals surface area contributed by atoms with Gasteiger partial charge in [0.15, 0.2) is 0 Å². The number of carbonyl (C=O) groups is 2. The molecule has 0 aliphatic carbocycles. The van der Waals surface area contributed by atoms with E-state index in [-0.39, 0.29) is 18.4 Å². The van der Waals surface area contributed by atoms with Crippen LogP contribution < -0.4 is 5.32 Å². The lowest BCUT2D eigenvalue weighted by Gasteiger charge is -2.32. The number of nitrogens with one attached hydrogen (secondary N) is 1. The van der Waals surface area contributed by atoms with Crippen molar-refractivity contribution in [3.05, 3.63) is 0 Å². The van der Waals surface area contributed by atoms with Crippen molar-refractivity contribution in [1.29, 1.82) is 0 Å². The van der Waals surface area contributed by atoms with Crippen LogP contribution >= 0.6 is 11.8 Å². The molecule has 17 heavy (non-hydrogen) atoms. The Hall–Kier alpha value is -0.910. The number of carboxylic acids is 1. The van der Waals surface area contributed by atoms with Crippen LogP contribution in [0, 0.1) is 5.92 Å². The van der Waals surface area contributed by atoms with Gasteiger partial charge in [-0.1, -0.05) is 0 Å². The molecule has 0 bridgehead atoms. The number of aliphatic carboxylic acids is 1. The van der Waals surface area contributed by atoms with Crippen molar-refractivity contribution < 1.29 is 14.7 Å². The molecule has 5 nitrogen and oxygen atoms in total. The van der Waals surface area contributed by atoms with Crippen molar-refractivity contribution >= 4 is 23.8 Å². The number of carboxylic acid groups (broad SMARTS) is 1. The fraction of sp³-hybridized carbons (Fsp3) is 0.818. The number of likely N-dealkylation sites (tertiary alicyclic amines) is 1. The molecular weight excluding hydrogens is 240 g/mol. The summed E-state index contributed by atoms with van der Waals surface area (Å²) in [5.74, 6) is 0.227. The highest BCUT2D eigenvalue weighted by Gasteiger charge is 2.24. The predicted octanol–water partition coefficient (Wildman–Crippen LogP) is 1.25. The molecular formula is C11H20N2O3S. The number of rotatable bonds is 5. The molecule has 1 saturated heterocycles. The summed E-state index contributed by atoms with van der Waals surface area (Å²) in [7, 11) is 0. The maximum atomic E-state index is 11.8. The van der Waals surface area contributed by atoms with Crippen molar-refractivity contribution in [3.63, 3.8) is 0 Å². The van der Waals surface area contributed by atoms with Gasteiger partial charge in [-0.3, -0.25) is 4.79 Å². The SMILES string of the molecule is CSCCNC(=O)N1CCCC(CC(=O)O)C1. The molecule has 0 aromatic heterocycles. The number of urea groups is 1. The van der Waals surface area contributed by atoms with Gasteiger partial charge >= 0.3 is 12.0 Å². The minimum atomic E-state index is -0.778. The first-order chi connectivity index (χ1) is 8.13. The molecule has 0 aromatic carbocycles. The first-order valence-corrected chi connectivity index (χ1v) is 7.26. The third-order valence-corrected chi connectivity index (χ3v) is 3.46. The van der Waals surface area contributed by atoms with Gasteiger partial charge in [-0.2, -0.15) is 11.8 Å². The summed E-state index contributed by atoms with van der Waals surface area (Å²) < 4.78 is 0.